The summed E-state index contributed by atoms with van der Waals surface area (Å²) in [6.45, 7) is 3.10. The second-order valence-corrected chi connectivity index (χ2v) is 3.01. The Bertz CT molecular complexity index is 341. The minimum absolute atomic E-state index is 0.997. The van der Waals surface area contributed by atoms with E-state index in [0.717, 1.165) is 12.4 Å². The monoisotopic (exact) mass is 250 g/mol. The van der Waals surface area contributed by atoms with Gasteiger partial charge >= 0.3 is 12.1 Å². The molecule has 7 heteroatoms. The highest BCUT2D eigenvalue weighted by Crippen LogP contribution is 2.13. The van der Waals surface area contributed by atoms with E-state index in [4.69, 9.17) is 9.90 Å². The molecule has 0 aromatic carbocycles. The van der Waals surface area contributed by atoms with Crippen molar-refractivity contribution in [3.05, 3.63) is 24.4 Å². The van der Waals surface area contributed by atoms with Crippen LogP contribution >= 0.6 is 0 Å². The van der Waals surface area contributed by atoms with Crippen LogP contribution in [0.1, 0.15) is 6.92 Å². The molecule has 0 radical (unpaired) electrons. The fourth-order valence-electron chi connectivity index (χ4n) is 0.742. The van der Waals surface area contributed by atoms with Crippen molar-refractivity contribution in [3.63, 3.8) is 0 Å². The summed E-state index contributed by atoms with van der Waals surface area (Å²) in [5, 5.41) is 7.12. The van der Waals surface area contributed by atoms with Gasteiger partial charge in [0.25, 0.3) is 0 Å². The number of aromatic nitrogens is 1. The van der Waals surface area contributed by atoms with Gasteiger partial charge in [-0.2, -0.15) is 13.2 Å². The summed E-state index contributed by atoms with van der Waals surface area (Å²) in [4.78, 5) is 15.2. The van der Waals surface area contributed by atoms with Crippen molar-refractivity contribution in [1.82, 2.24) is 4.98 Å². The zero-order chi connectivity index (χ0) is 13.5. The largest absolute Gasteiger partial charge is 0.490 e. The van der Waals surface area contributed by atoms with Crippen molar-refractivity contribution < 1.29 is 23.1 Å². The van der Waals surface area contributed by atoms with Crippen molar-refractivity contribution in [2.24, 2.45) is 0 Å². The number of anilines is 1. The first-order chi connectivity index (χ1) is 7.79. The standard InChI is InChI=1S/C8H12N2.C2HF3O2/c1-3-10(2)8-6-4-5-7-9-8;3-2(4,5)1(6)7/h4-7H,3H2,1-2H3;(H,6,7). The molecule has 0 aliphatic carbocycles. The van der Waals surface area contributed by atoms with E-state index in [0.29, 0.717) is 0 Å². The van der Waals surface area contributed by atoms with E-state index in [-0.39, 0.29) is 0 Å². The lowest BCUT2D eigenvalue weighted by molar-refractivity contribution is -0.192. The predicted octanol–water partition coefficient (Wildman–Crippen LogP) is 2.17. The topological polar surface area (TPSA) is 53.4 Å². The van der Waals surface area contributed by atoms with E-state index < -0.39 is 12.1 Å². The molecular weight excluding hydrogens is 237 g/mol. The van der Waals surface area contributed by atoms with Gasteiger partial charge in [0.1, 0.15) is 5.82 Å². The van der Waals surface area contributed by atoms with E-state index in [2.05, 4.69) is 16.8 Å². The summed E-state index contributed by atoms with van der Waals surface area (Å²) in [6.07, 6.45) is -3.28. The average molecular weight is 250 g/mol. The molecule has 0 saturated carbocycles. The van der Waals surface area contributed by atoms with Crippen molar-refractivity contribution in [2.45, 2.75) is 13.1 Å². The van der Waals surface area contributed by atoms with Gasteiger partial charge in [0.05, 0.1) is 0 Å². The van der Waals surface area contributed by atoms with Crippen LogP contribution in [0.5, 0.6) is 0 Å². The molecule has 1 N–H and O–H groups in total. The van der Waals surface area contributed by atoms with E-state index in [1.807, 2.05) is 31.4 Å². The van der Waals surface area contributed by atoms with E-state index >= 15 is 0 Å². The van der Waals surface area contributed by atoms with Crippen molar-refractivity contribution in [3.8, 4) is 0 Å². The van der Waals surface area contributed by atoms with Gasteiger partial charge in [-0.3, -0.25) is 0 Å². The lowest BCUT2D eigenvalue weighted by Gasteiger charge is -2.13. The van der Waals surface area contributed by atoms with Crippen molar-refractivity contribution >= 4 is 11.8 Å². The zero-order valence-corrected chi connectivity index (χ0v) is 9.40. The van der Waals surface area contributed by atoms with Gasteiger partial charge < -0.3 is 10.0 Å². The molecule has 0 bridgehead atoms. The number of carbonyl (C=O) groups is 1. The Morgan fingerprint density at radius 1 is 1.47 bits per heavy atom. The molecule has 0 fully saturated rings. The third-order valence-electron chi connectivity index (χ3n) is 1.76. The van der Waals surface area contributed by atoms with Crippen LogP contribution in [0.25, 0.3) is 0 Å². The quantitative estimate of drug-likeness (QED) is 0.874. The van der Waals surface area contributed by atoms with Gasteiger partial charge in [0, 0.05) is 19.8 Å². The predicted molar refractivity (Wildman–Crippen MR) is 56.9 cm³/mol. The normalized spacial score (nSPS) is 10.2. The molecule has 0 aliphatic heterocycles. The maximum atomic E-state index is 10.6. The number of pyridine rings is 1. The summed E-state index contributed by atoms with van der Waals surface area (Å²) < 4.78 is 31.7. The van der Waals surface area contributed by atoms with Crippen LogP contribution in [0.3, 0.4) is 0 Å². The molecule has 1 aromatic heterocycles. The van der Waals surface area contributed by atoms with Crippen molar-refractivity contribution in [2.75, 3.05) is 18.5 Å². The van der Waals surface area contributed by atoms with Gasteiger partial charge in [0.15, 0.2) is 0 Å². The summed E-state index contributed by atoms with van der Waals surface area (Å²) in [6, 6.07) is 5.92. The zero-order valence-electron chi connectivity index (χ0n) is 9.40. The van der Waals surface area contributed by atoms with Gasteiger partial charge in [-0.25, -0.2) is 9.78 Å². The fraction of sp³-hybridized carbons (Fsp3) is 0.400. The van der Waals surface area contributed by atoms with E-state index in [1.54, 1.807) is 0 Å². The number of aliphatic carboxylic acids is 1. The van der Waals surface area contributed by atoms with Crippen molar-refractivity contribution in [1.29, 1.82) is 0 Å². The number of carboxylic acids is 1. The highest BCUT2D eigenvalue weighted by atomic mass is 19.4. The van der Waals surface area contributed by atoms with Gasteiger partial charge in [0.2, 0.25) is 0 Å². The number of rotatable bonds is 2. The van der Waals surface area contributed by atoms with Gasteiger partial charge in [-0.15, -0.1) is 0 Å². The number of hydrogen-bond acceptors (Lipinski definition) is 3. The smallest absolute Gasteiger partial charge is 0.475 e. The Morgan fingerprint density at radius 2 is 2.00 bits per heavy atom. The molecule has 96 valence electrons. The van der Waals surface area contributed by atoms with Crippen LogP contribution in [0.2, 0.25) is 0 Å². The Balaban J connectivity index is 0.000000325. The molecule has 0 atom stereocenters. The Kier molecular flexibility index (Phi) is 6.01. The van der Waals surface area contributed by atoms with E-state index in [1.165, 1.54) is 0 Å². The van der Waals surface area contributed by atoms with Gasteiger partial charge in [-0.05, 0) is 19.1 Å². The molecule has 1 heterocycles. The molecule has 0 aliphatic rings. The average Bonchev–Trinajstić information content (AvgIpc) is 2.28. The molecule has 17 heavy (non-hydrogen) atoms. The second-order valence-electron chi connectivity index (χ2n) is 3.01. The molecule has 0 unspecified atom stereocenters. The van der Waals surface area contributed by atoms with Crippen LogP contribution in [-0.4, -0.2) is 35.8 Å². The lowest BCUT2D eigenvalue weighted by Crippen LogP contribution is -2.21. The first-order valence-electron chi connectivity index (χ1n) is 4.71. The molecule has 0 spiro atoms. The van der Waals surface area contributed by atoms with Crippen LogP contribution < -0.4 is 4.90 Å². The summed E-state index contributed by atoms with van der Waals surface area (Å²) in [5.74, 6) is -1.72. The lowest BCUT2D eigenvalue weighted by atomic mass is 10.4. The SMILES string of the molecule is CCN(C)c1ccccn1.O=C(O)C(F)(F)F. The number of alkyl halides is 3. The minimum atomic E-state index is -5.08. The van der Waals surface area contributed by atoms with Gasteiger partial charge in [-0.1, -0.05) is 6.07 Å². The third-order valence-corrected chi connectivity index (χ3v) is 1.76. The minimum Gasteiger partial charge on any atom is -0.475 e. The number of carboxylic acid groups (broad SMARTS) is 1. The van der Waals surface area contributed by atoms with Crippen LogP contribution in [0.15, 0.2) is 24.4 Å². The maximum absolute atomic E-state index is 10.6. The van der Waals surface area contributed by atoms with Crippen LogP contribution in [0.4, 0.5) is 19.0 Å². The van der Waals surface area contributed by atoms with Crippen LogP contribution in [0, 0.1) is 0 Å². The molecule has 1 rings (SSSR count). The van der Waals surface area contributed by atoms with Crippen LogP contribution in [-0.2, 0) is 4.79 Å². The molecular formula is C10H13F3N2O2. The molecule has 4 nitrogen and oxygen atoms in total. The fourth-order valence-corrected chi connectivity index (χ4v) is 0.742. The molecule has 0 saturated heterocycles. The molecule has 1 aromatic rings. The first-order valence-corrected chi connectivity index (χ1v) is 4.71. The third kappa shape index (κ3) is 6.39. The Morgan fingerprint density at radius 3 is 2.29 bits per heavy atom. The summed E-state index contributed by atoms with van der Waals surface area (Å²) >= 11 is 0. The van der Waals surface area contributed by atoms with E-state index in [9.17, 15) is 13.2 Å². The summed E-state index contributed by atoms with van der Waals surface area (Å²) in [5.41, 5.74) is 0. The highest BCUT2D eigenvalue weighted by Gasteiger charge is 2.38. The number of hydrogen-bond donors (Lipinski definition) is 1. The Hall–Kier alpha value is -1.79. The number of halogens is 3. The Labute approximate surface area is 96.7 Å². The molecule has 0 amide bonds. The highest BCUT2D eigenvalue weighted by molar-refractivity contribution is 5.73. The second kappa shape index (κ2) is 6.72. The number of nitrogens with zero attached hydrogens (tertiary/aromatic N) is 2. The summed E-state index contributed by atoms with van der Waals surface area (Å²) in [7, 11) is 2.03. The first kappa shape index (κ1) is 15.2. The maximum Gasteiger partial charge on any atom is 0.490 e.